The fourth-order valence-corrected chi connectivity index (χ4v) is 37.1. The average Bonchev–Trinajstić information content (AvgIpc) is 2.35. The lowest BCUT2D eigenvalue weighted by atomic mass is 10.2. The first-order chi connectivity index (χ1) is 9.47. The van der Waals surface area contributed by atoms with Gasteiger partial charge in [-0.2, -0.15) is 0 Å². The topological polar surface area (TPSA) is 9.23 Å². The highest BCUT2D eigenvalue weighted by Crippen LogP contribution is 2.43. The maximum atomic E-state index is 6.68. The molecule has 4 heteroatoms. The minimum Gasteiger partial charge on any atom is -0.416 e. The molecule has 21 heavy (non-hydrogen) atoms. The van der Waals surface area contributed by atoms with Crippen LogP contribution < -0.4 is 5.19 Å². The Hall–Kier alpha value is -0.429. The van der Waals surface area contributed by atoms with Crippen LogP contribution in [0.3, 0.4) is 0 Å². The van der Waals surface area contributed by atoms with E-state index < -0.39 is 22.5 Å². The van der Waals surface area contributed by atoms with E-state index in [0.29, 0.717) is 0 Å². The van der Waals surface area contributed by atoms with E-state index in [1.54, 1.807) is 5.19 Å². The fraction of sp³-hybridized carbons (Fsp3) is 0.529. The Labute approximate surface area is 133 Å². The molecule has 0 N–H and O–H groups in total. The van der Waals surface area contributed by atoms with Gasteiger partial charge in [-0.25, -0.2) is 0 Å². The van der Waals surface area contributed by atoms with Gasteiger partial charge in [-0.15, -0.1) is 0 Å². The summed E-state index contributed by atoms with van der Waals surface area (Å²) in [7, 11) is -4.65. The van der Waals surface area contributed by atoms with Crippen LogP contribution >= 0.6 is 0 Å². The monoisotopic (exact) mass is 334 g/mol. The van der Waals surface area contributed by atoms with Gasteiger partial charge in [0.2, 0.25) is 0 Å². The summed E-state index contributed by atoms with van der Waals surface area (Å²) in [4.78, 5) is 0. The summed E-state index contributed by atoms with van der Waals surface area (Å²) in [6.45, 7) is 21.4. The summed E-state index contributed by atoms with van der Waals surface area (Å²) in [6.07, 6.45) is 2.05. The Morgan fingerprint density at radius 1 is 1.10 bits per heavy atom. The second-order valence-corrected chi connectivity index (χ2v) is 34.3. The van der Waals surface area contributed by atoms with Crippen molar-refractivity contribution < 1.29 is 4.43 Å². The highest BCUT2D eigenvalue weighted by Gasteiger charge is 2.63. The molecule has 0 spiro atoms. The number of hydrogen-bond acceptors (Lipinski definition) is 1. The second kappa shape index (κ2) is 5.05. The lowest BCUT2D eigenvalue weighted by Gasteiger charge is -2.59. The van der Waals surface area contributed by atoms with Crippen LogP contribution in [-0.2, 0) is 4.43 Å². The SMILES string of the molecule is C=Cc1ccccc1[Si]1(C)CC(C)(C)O[Si](C)(C)[Si]1(C)C. The number of benzene rings is 1. The van der Waals surface area contributed by atoms with Gasteiger partial charge < -0.3 is 4.43 Å². The maximum absolute atomic E-state index is 6.68. The Kier molecular flexibility index (Phi) is 4.07. The molecule has 1 saturated heterocycles. The van der Waals surface area contributed by atoms with Crippen LogP contribution in [0.25, 0.3) is 6.08 Å². The van der Waals surface area contributed by atoms with Gasteiger partial charge >= 0.3 is 0 Å². The van der Waals surface area contributed by atoms with Crippen molar-refractivity contribution in [2.75, 3.05) is 0 Å². The molecule has 2 rings (SSSR count). The maximum Gasteiger partial charge on any atom is 0.172 e. The van der Waals surface area contributed by atoms with Crippen LogP contribution in [0.2, 0.25) is 38.8 Å². The molecule has 0 amide bonds. The second-order valence-electron chi connectivity index (χ2n) is 8.30. The lowest BCUT2D eigenvalue weighted by Crippen LogP contribution is -2.82. The third-order valence-corrected chi connectivity index (χ3v) is 45.3. The zero-order chi connectivity index (χ0) is 16.1. The van der Waals surface area contributed by atoms with Crippen LogP contribution in [0, 0.1) is 0 Å². The minimum atomic E-state index is -1.64. The van der Waals surface area contributed by atoms with Gasteiger partial charge in [0.25, 0.3) is 0 Å². The molecule has 1 aliphatic heterocycles. The molecule has 0 bridgehead atoms. The molecular formula is C17H30OSi3. The summed E-state index contributed by atoms with van der Waals surface area (Å²) < 4.78 is 6.68. The summed E-state index contributed by atoms with van der Waals surface area (Å²) in [6, 6.07) is 10.2. The molecule has 0 aliphatic carbocycles. The van der Waals surface area contributed by atoms with Gasteiger partial charge in [0.15, 0.2) is 7.83 Å². The smallest absolute Gasteiger partial charge is 0.172 e. The zero-order valence-corrected chi connectivity index (χ0v) is 17.7. The van der Waals surface area contributed by atoms with Gasteiger partial charge in [0, 0.05) is 5.60 Å². The molecule has 1 fully saturated rings. The van der Waals surface area contributed by atoms with Crippen molar-refractivity contribution in [3.05, 3.63) is 36.4 Å². The lowest BCUT2D eigenvalue weighted by molar-refractivity contribution is 0.123. The molecule has 0 aromatic heterocycles. The summed E-state index contributed by atoms with van der Waals surface area (Å²) in [5.41, 5.74) is 1.38. The van der Waals surface area contributed by atoms with Gasteiger partial charge in [-0.05, 0) is 38.5 Å². The van der Waals surface area contributed by atoms with Crippen LogP contribution in [-0.4, -0.2) is 28.1 Å². The molecule has 1 aliphatic rings. The standard InChI is InChI=1S/C17H30OSi3/c1-9-15-12-10-11-13-16(15)21(8)14-17(2,3)18-19(4,5)20(21,6)7/h9-13H,1,14H2,2-8H3. The Bertz CT molecular complexity index is 563. The molecule has 1 unspecified atom stereocenters. The van der Waals surface area contributed by atoms with E-state index in [-0.39, 0.29) is 5.60 Å². The van der Waals surface area contributed by atoms with Crippen molar-refractivity contribution in [1.29, 1.82) is 0 Å². The van der Waals surface area contributed by atoms with Crippen molar-refractivity contribution in [2.24, 2.45) is 0 Å². The van der Waals surface area contributed by atoms with Crippen molar-refractivity contribution >= 4 is 33.8 Å². The normalized spacial score (nSPS) is 29.9. The first kappa shape index (κ1) is 16.9. The predicted molar refractivity (Wildman–Crippen MR) is 103 cm³/mol. The van der Waals surface area contributed by atoms with Crippen molar-refractivity contribution in [2.45, 2.75) is 58.2 Å². The van der Waals surface area contributed by atoms with E-state index in [2.05, 4.69) is 83.5 Å². The van der Waals surface area contributed by atoms with Crippen LogP contribution in [0.1, 0.15) is 19.4 Å². The molecule has 1 aromatic carbocycles. The van der Waals surface area contributed by atoms with Gasteiger partial charge in [0.05, 0.1) is 14.7 Å². The zero-order valence-electron chi connectivity index (χ0n) is 14.7. The Morgan fingerprint density at radius 3 is 2.24 bits per heavy atom. The van der Waals surface area contributed by atoms with E-state index in [9.17, 15) is 0 Å². The van der Waals surface area contributed by atoms with E-state index >= 15 is 0 Å². The number of hydrogen-bond donors (Lipinski definition) is 0. The molecule has 0 saturated carbocycles. The average molecular weight is 335 g/mol. The Morgan fingerprint density at radius 2 is 1.67 bits per heavy atom. The van der Waals surface area contributed by atoms with E-state index in [4.69, 9.17) is 4.43 Å². The highest BCUT2D eigenvalue weighted by molar-refractivity contribution is 7.70. The van der Waals surface area contributed by atoms with Gasteiger partial charge in [-0.1, -0.05) is 61.7 Å². The Balaban J connectivity index is 2.69. The van der Waals surface area contributed by atoms with Gasteiger partial charge in [-0.3, -0.25) is 0 Å². The third-order valence-electron chi connectivity index (χ3n) is 5.97. The quantitative estimate of drug-likeness (QED) is 0.724. The summed E-state index contributed by atoms with van der Waals surface area (Å²) >= 11 is 0. The van der Waals surface area contributed by atoms with Crippen molar-refractivity contribution in [3.63, 3.8) is 0 Å². The fourth-order valence-electron chi connectivity index (χ4n) is 4.20. The third kappa shape index (κ3) is 2.56. The summed E-state index contributed by atoms with van der Waals surface area (Å²) in [5, 5.41) is 1.62. The molecule has 1 heterocycles. The number of rotatable bonds is 2. The minimum absolute atomic E-state index is 0.0213. The van der Waals surface area contributed by atoms with Crippen LogP contribution in [0.5, 0.6) is 0 Å². The first-order valence-corrected chi connectivity index (χ1v) is 18.5. The van der Waals surface area contributed by atoms with Crippen LogP contribution in [0.4, 0.5) is 0 Å². The molecule has 116 valence electrons. The predicted octanol–water partition coefficient (Wildman–Crippen LogP) is 4.49. The van der Waals surface area contributed by atoms with Gasteiger partial charge in [0.1, 0.15) is 0 Å². The molecule has 1 nitrogen and oxygen atoms in total. The molecule has 1 aromatic rings. The summed E-state index contributed by atoms with van der Waals surface area (Å²) in [5.74, 6) is 0. The molecular weight excluding hydrogens is 304 g/mol. The van der Waals surface area contributed by atoms with E-state index in [0.717, 1.165) is 0 Å². The molecule has 1 atom stereocenters. The molecule has 0 radical (unpaired) electrons. The van der Waals surface area contributed by atoms with E-state index in [1.165, 1.54) is 11.6 Å². The largest absolute Gasteiger partial charge is 0.416 e. The van der Waals surface area contributed by atoms with Crippen LogP contribution in [0.15, 0.2) is 30.8 Å². The van der Waals surface area contributed by atoms with E-state index in [1.807, 2.05) is 0 Å². The van der Waals surface area contributed by atoms with Crippen molar-refractivity contribution in [3.8, 4) is 0 Å². The highest BCUT2D eigenvalue weighted by atomic mass is 29.6. The van der Waals surface area contributed by atoms with Crippen molar-refractivity contribution in [1.82, 2.24) is 0 Å². The first-order valence-electron chi connectivity index (χ1n) is 7.89.